The fourth-order valence-corrected chi connectivity index (χ4v) is 2.51. The van der Waals surface area contributed by atoms with Gasteiger partial charge in [0.1, 0.15) is 5.82 Å². The molecule has 1 nitrogen and oxygen atoms in total. The molecule has 0 heterocycles. The standard InChI is InChI=1S/C17H18Cl2FN/c1-2-3-4-17(12-5-7-13(20)8-6-12)21-14-9-10-15(18)16(19)11-14/h5-11,17,21H,2-4H2,1H3. The predicted octanol–water partition coefficient (Wildman–Crippen LogP) is 6.48. The van der Waals surface area contributed by atoms with Crippen LogP contribution in [0.25, 0.3) is 0 Å². The quantitative estimate of drug-likeness (QED) is 0.641. The Labute approximate surface area is 135 Å². The lowest BCUT2D eigenvalue weighted by Crippen LogP contribution is -2.11. The Kier molecular flexibility index (Phi) is 5.89. The first-order valence-corrected chi connectivity index (χ1v) is 7.82. The van der Waals surface area contributed by atoms with E-state index in [1.165, 1.54) is 12.1 Å². The SMILES string of the molecule is CCCCC(Nc1ccc(Cl)c(Cl)c1)c1ccc(F)cc1. The Hall–Kier alpha value is -1.25. The Morgan fingerprint density at radius 3 is 2.38 bits per heavy atom. The molecule has 2 aromatic carbocycles. The lowest BCUT2D eigenvalue weighted by Gasteiger charge is -2.20. The molecule has 1 N–H and O–H groups in total. The molecule has 0 saturated heterocycles. The zero-order valence-corrected chi connectivity index (χ0v) is 13.4. The topological polar surface area (TPSA) is 12.0 Å². The van der Waals surface area contributed by atoms with E-state index in [1.54, 1.807) is 6.07 Å². The summed E-state index contributed by atoms with van der Waals surface area (Å²) in [7, 11) is 0. The van der Waals surface area contributed by atoms with Gasteiger partial charge in [-0.25, -0.2) is 4.39 Å². The van der Waals surface area contributed by atoms with Crippen molar-refractivity contribution < 1.29 is 4.39 Å². The van der Waals surface area contributed by atoms with Gasteiger partial charge in [0.2, 0.25) is 0 Å². The molecule has 0 amide bonds. The molecule has 1 unspecified atom stereocenters. The highest BCUT2D eigenvalue weighted by Crippen LogP contribution is 2.29. The zero-order chi connectivity index (χ0) is 15.2. The van der Waals surface area contributed by atoms with Crippen LogP contribution in [0.15, 0.2) is 42.5 Å². The summed E-state index contributed by atoms with van der Waals surface area (Å²) >= 11 is 12.0. The third-order valence-corrected chi connectivity index (χ3v) is 4.12. The van der Waals surface area contributed by atoms with Crippen molar-refractivity contribution in [3.63, 3.8) is 0 Å². The molecule has 112 valence electrons. The van der Waals surface area contributed by atoms with E-state index in [9.17, 15) is 4.39 Å². The second-order valence-electron chi connectivity index (χ2n) is 5.02. The second kappa shape index (κ2) is 7.67. The fraction of sp³-hybridized carbons (Fsp3) is 0.294. The van der Waals surface area contributed by atoms with E-state index in [1.807, 2.05) is 24.3 Å². The van der Waals surface area contributed by atoms with E-state index in [0.29, 0.717) is 10.0 Å². The predicted molar refractivity (Wildman–Crippen MR) is 88.8 cm³/mol. The van der Waals surface area contributed by atoms with Crippen molar-refractivity contribution >= 4 is 28.9 Å². The normalized spacial score (nSPS) is 12.2. The Bertz CT molecular complexity index is 584. The highest BCUT2D eigenvalue weighted by atomic mass is 35.5. The van der Waals surface area contributed by atoms with Crippen molar-refractivity contribution in [2.75, 3.05) is 5.32 Å². The van der Waals surface area contributed by atoms with Crippen molar-refractivity contribution in [3.8, 4) is 0 Å². The minimum atomic E-state index is -0.220. The summed E-state index contributed by atoms with van der Waals surface area (Å²) in [5.74, 6) is -0.220. The van der Waals surface area contributed by atoms with E-state index in [-0.39, 0.29) is 11.9 Å². The third kappa shape index (κ3) is 4.62. The summed E-state index contributed by atoms with van der Waals surface area (Å²) in [5, 5.41) is 4.51. The molecule has 2 rings (SSSR count). The molecule has 0 aliphatic heterocycles. The molecule has 0 radical (unpaired) electrons. The molecule has 0 bridgehead atoms. The summed E-state index contributed by atoms with van der Waals surface area (Å²) < 4.78 is 13.1. The van der Waals surface area contributed by atoms with E-state index < -0.39 is 0 Å². The average Bonchev–Trinajstić information content (AvgIpc) is 2.48. The van der Waals surface area contributed by atoms with Crippen molar-refractivity contribution in [3.05, 3.63) is 63.9 Å². The molecule has 0 aromatic heterocycles. The lowest BCUT2D eigenvalue weighted by atomic mass is 10.0. The maximum Gasteiger partial charge on any atom is 0.123 e. The largest absolute Gasteiger partial charge is 0.378 e. The van der Waals surface area contributed by atoms with Gasteiger partial charge in [-0.1, -0.05) is 55.1 Å². The summed E-state index contributed by atoms with van der Waals surface area (Å²) in [5.41, 5.74) is 1.98. The molecule has 0 aliphatic rings. The molecular weight excluding hydrogens is 308 g/mol. The van der Waals surface area contributed by atoms with Gasteiger partial charge in [0.25, 0.3) is 0 Å². The van der Waals surface area contributed by atoms with Crippen LogP contribution in [0.1, 0.15) is 37.8 Å². The molecule has 1 atom stereocenters. The van der Waals surface area contributed by atoms with Crippen LogP contribution in [-0.2, 0) is 0 Å². The van der Waals surface area contributed by atoms with Crippen LogP contribution < -0.4 is 5.32 Å². The number of rotatable bonds is 6. The smallest absolute Gasteiger partial charge is 0.123 e. The van der Waals surface area contributed by atoms with Gasteiger partial charge in [-0.15, -0.1) is 0 Å². The number of anilines is 1. The highest BCUT2D eigenvalue weighted by Gasteiger charge is 2.12. The first-order chi connectivity index (χ1) is 10.1. The number of benzene rings is 2. The lowest BCUT2D eigenvalue weighted by molar-refractivity contribution is 0.616. The Morgan fingerprint density at radius 2 is 1.76 bits per heavy atom. The van der Waals surface area contributed by atoms with Gasteiger partial charge in [0, 0.05) is 5.69 Å². The number of nitrogens with one attached hydrogen (secondary N) is 1. The van der Waals surface area contributed by atoms with Crippen LogP contribution in [0.2, 0.25) is 10.0 Å². The molecular formula is C17H18Cl2FN. The Morgan fingerprint density at radius 1 is 1.05 bits per heavy atom. The van der Waals surface area contributed by atoms with E-state index >= 15 is 0 Å². The van der Waals surface area contributed by atoms with Crippen molar-refractivity contribution in [1.82, 2.24) is 0 Å². The molecule has 2 aromatic rings. The van der Waals surface area contributed by atoms with Gasteiger partial charge in [-0.2, -0.15) is 0 Å². The Balaban J connectivity index is 2.19. The van der Waals surface area contributed by atoms with Crippen molar-refractivity contribution in [2.24, 2.45) is 0 Å². The number of hydrogen-bond acceptors (Lipinski definition) is 1. The van der Waals surface area contributed by atoms with Crippen LogP contribution in [0, 0.1) is 5.82 Å². The second-order valence-corrected chi connectivity index (χ2v) is 5.83. The summed E-state index contributed by atoms with van der Waals surface area (Å²) in [6.07, 6.45) is 3.18. The van der Waals surface area contributed by atoms with Gasteiger partial charge in [0.15, 0.2) is 0 Å². The number of halogens is 3. The molecule has 21 heavy (non-hydrogen) atoms. The zero-order valence-electron chi connectivity index (χ0n) is 11.9. The van der Waals surface area contributed by atoms with Crippen LogP contribution in [0.4, 0.5) is 10.1 Å². The van der Waals surface area contributed by atoms with Crippen LogP contribution >= 0.6 is 23.2 Å². The summed E-state index contributed by atoms with van der Waals surface area (Å²) in [6.45, 7) is 2.15. The van der Waals surface area contributed by atoms with Crippen LogP contribution in [0.5, 0.6) is 0 Å². The minimum absolute atomic E-state index is 0.128. The number of unbranched alkanes of at least 4 members (excludes halogenated alkanes) is 1. The molecule has 4 heteroatoms. The van der Waals surface area contributed by atoms with Crippen molar-refractivity contribution in [2.45, 2.75) is 32.2 Å². The third-order valence-electron chi connectivity index (χ3n) is 3.38. The molecule has 0 saturated carbocycles. The fourth-order valence-electron chi connectivity index (χ4n) is 2.21. The van der Waals surface area contributed by atoms with Gasteiger partial charge >= 0.3 is 0 Å². The first kappa shape index (κ1) is 16.1. The average molecular weight is 326 g/mol. The maximum atomic E-state index is 13.1. The summed E-state index contributed by atoms with van der Waals surface area (Å²) in [6, 6.07) is 12.2. The van der Waals surface area contributed by atoms with Crippen molar-refractivity contribution in [1.29, 1.82) is 0 Å². The van der Waals surface area contributed by atoms with Crippen LogP contribution in [0.3, 0.4) is 0 Å². The van der Waals surface area contributed by atoms with E-state index in [2.05, 4.69) is 12.2 Å². The van der Waals surface area contributed by atoms with E-state index in [4.69, 9.17) is 23.2 Å². The van der Waals surface area contributed by atoms with Gasteiger partial charge in [-0.3, -0.25) is 0 Å². The maximum absolute atomic E-state index is 13.1. The summed E-state index contributed by atoms with van der Waals surface area (Å²) in [4.78, 5) is 0. The van der Waals surface area contributed by atoms with Crippen LogP contribution in [-0.4, -0.2) is 0 Å². The highest BCUT2D eigenvalue weighted by molar-refractivity contribution is 6.42. The molecule has 0 spiro atoms. The first-order valence-electron chi connectivity index (χ1n) is 7.07. The van der Waals surface area contributed by atoms with Gasteiger partial charge in [0.05, 0.1) is 16.1 Å². The number of hydrogen-bond donors (Lipinski definition) is 1. The van der Waals surface area contributed by atoms with Gasteiger partial charge < -0.3 is 5.32 Å². The molecule has 0 fully saturated rings. The van der Waals surface area contributed by atoms with Gasteiger partial charge in [-0.05, 0) is 42.3 Å². The van der Waals surface area contributed by atoms with E-state index in [0.717, 1.165) is 30.5 Å². The molecule has 0 aliphatic carbocycles. The minimum Gasteiger partial charge on any atom is -0.378 e. The monoisotopic (exact) mass is 325 g/mol.